The SMILES string of the molecule is COc1cc2c(cc1OC)C(C)(C(C)CCCl)OCC2. The van der Waals surface area contributed by atoms with E-state index in [1.165, 1.54) is 11.1 Å². The summed E-state index contributed by atoms with van der Waals surface area (Å²) in [6, 6.07) is 4.13. The van der Waals surface area contributed by atoms with Gasteiger partial charge in [0, 0.05) is 5.88 Å². The molecule has 0 spiro atoms. The van der Waals surface area contributed by atoms with Gasteiger partial charge in [-0.3, -0.25) is 0 Å². The maximum absolute atomic E-state index is 6.12. The second-order valence-corrected chi connectivity index (χ2v) is 5.83. The summed E-state index contributed by atoms with van der Waals surface area (Å²) in [5.41, 5.74) is 2.15. The number of methoxy groups -OCH3 is 2. The summed E-state index contributed by atoms with van der Waals surface area (Å²) < 4.78 is 16.9. The van der Waals surface area contributed by atoms with Gasteiger partial charge in [0.1, 0.15) is 0 Å². The molecule has 0 amide bonds. The van der Waals surface area contributed by atoms with Crippen molar-refractivity contribution in [2.75, 3.05) is 26.7 Å². The highest BCUT2D eigenvalue weighted by Gasteiger charge is 2.38. The molecule has 0 N–H and O–H groups in total. The van der Waals surface area contributed by atoms with Crippen molar-refractivity contribution in [3.63, 3.8) is 0 Å². The van der Waals surface area contributed by atoms with E-state index < -0.39 is 0 Å². The molecule has 1 aromatic rings. The Hall–Kier alpha value is -0.930. The molecule has 2 rings (SSSR count). The van der Waals surface area contributed by atoms with Gasteiger partial charge in [-0.25, -0.2) is 0 Å². The number of ether oxygens (including phenoxy) is 3. The highest BCUT2D eigenvalue weighted by molar-refractivity contribution is 6.17. The zero-order chi connectivity index (χ0) is 14.8. The first-order chi connectivity index (χ1) is 9.56. The minimum absolute atomic E-state index is 0.317. The van der Waals surface area contributed by atoms with Gasteiger partial charge in [-0.05, 0) is 48.9 Å². The predicted molar refractivity (Wildman–Crippen MR) is 81.1 cm³/mol. The largest absolute Gasteiger partial charge is 0.493 e. The summed E-state index contributed by atoms with van der Waals surface area (Å²) in [6.07, 6.45) is 1.82. The zero-order valence-corrected chi connectivity index (χ0v) is 13.4. The van der Waals surface area contributed by atoms with E-state index in [1.807, 2.05) is 0 Å². The fraction of sp³-hybridized carbons (Fsp3) is 0.625. The van der Waals surface area contributed by atoms with Gasteiger partial charge in [0.2, 0.25) is 0 Å². The first-order valence-corrected chi connectivity index (χ1v) is 7.55. The first kappa shape index (κ1) is 15.5. The quantitative estimate of drug-likeness (QED) is 0.775. The van der Waals surface area contributed by atoms with Crippen molar-refractivity contribution in [2.45, 2.75) is 32.3 Å². The van der Waals surface area contributed by atoms with E-state index in [0.717, 1.165) is 30.9 Å². The monoisotopic (exact) mass is 298 g/mol. The third-order valence-corrected chi connectivity index (χ3v) is 4.62. The van der Waals surface area contributed by atoms with Gasteiger partial charge in [-0.2, -0.15) is 0 Å². The van der Waals surface area contributed by atoms with Crippen LogP contribution in [0.5, 0.6) is 11.5 Å². The van der Waals surface area contributed by atoms with E-state index in [1.54, 1.807) is 14.2 Å². The number of fused-ring (bicyclic) bond motifs is 1. The maximum Gasteiger partial charge on any atom is 0.161 e. The fourth-order valence-corrected chi connectivity index (χ4v) is 3.21. The second-order valence-electron chi connectivity index (χ2n) is 5.45. The zero-order valence-electron chi connectivity index (χ0n) is 12.7. The van der Waals surface area contributed by atoms with Crippen LogP contribution in [0.15, 0.2) is 12.1 Å². The highest BCUT2D eigenvalue weighted by atomic mass is 35.5. The van der Waals surface area contributed by atoms with Crippen molar-refractivity contribution in [3.8, 4) is 11.5 Å². The van der Waals surface area contributed by atoms with Crippen molar-refractivity contribution in [1.82, 2.24) is 0 Å². The van der Waals surface area contributed by atoms with Crippen LogP contribution in [0.3, 0.4) is 0 Å². The van der Waals surface area contributed by atoms with Crippen LogP contribution in [0.25, 0.3) is 0 Å². The molecule has 0 saturated carbocycles. The van der Waals surface area contributed by atoms with Crippen LogP contribution < -0.4 is 9.47 Å². The van der Waals surface area contributed by atoms with E-state index in [0.29, 0.717) is 11.8 Å². The van der Waals surface area contributed by atoms with Gasteiger partial charge >= 0.3 is 0 Å². The van der Waals surface area contributed by atoms with Crippen LogP contribution in [-0.2, 0) is 16.8 Å². The van der Waals surface area contributed by atoms with Crippen LogP contribution in [0, 0.1) is 5.92 Å². The topological polar surface area (TPSA) is 27.7 Å². The molecule has 1 aliphatic rings. The summed E-state index contributed by atoms with van der Waals surface area (Å²) in [4.78, 5) is 0. The molecule has 112 valence electrons. The second kappa shape index (κ2) is 6.23. The molecule has 2 atom stereocenters. The Kier molecular flexibility index (Phi) is 4.82. The Morgan fingerprint density at radius 2 is 1.95 bits per heavy atom. The number of halogens is 1. The van der Waals surface area contributed by atoms with Crippen LogP contribution in [0.4, 0.5) is 0 Å². The normalized spacial score (nSPS) is 23.1. The summed E-state index contributed by atoms with van der Waals surface area (Å²) in [5, 5.41) is 0. The molecule has 0 radical (unpaired) electrons. The van der Waals surface area contributed by atoms with Crippen molar-refractivity contribution >= 4 is 11.6 Å². The van der Waals surface area contributed by atoms with Gasteiger partial charge in [0.05, 0.1) is 26.4 Å². The fourth-order valence-electron chi connectivity index (χ4n) is 2.89. The summed E-state index contributed by atoms with van der Waals surface area (Å²) >= 11 is 5.91. The minimum Gasteiger partial charge on any atom is -0.493 e. The lowest BCUT2D eigenvalue weighted by molar-refractivity contribution is -0.0849. The molecule has 1 aliphatic heterocycles. The molecule has 1 aromatic carbocycles. The molecule has 3 nitrogen and oxygen atoms in total. The Morgan fingerprint density at radius 3 is 2.55 bits per heavy atom. The van der Waals surface area contributed by atoms with Crippen molar-refractivity contribution in [1.29, 1.82) is 0 Å². The maximum atomic E-state index is 6.12. The smallest absolute Gasteiger partial charge is 0.161 e. The summed E-state index contributed by atoms with van der Waals surface area (Å²) in [5.74, 6) is 2.52. The number of rotatable bonds is 5. The molecule has 0 bridgehead atoms. The summed E-state index contributed by atoms with van der Waals surface area (Å²) in [6.45, 7) is 5.06. The van der Waals surface area contributed by atoms with E-state index >= 15 is 0 Å². The number of benzene rings is 1. The Morgan fingerprint density at radius 1 is 1.30 bits per heavy atom. The van der Waals surface area contributed by atoms with E-state index in [-0.39, 0.29) is 5.60 Å². The molecule has 2 unspecified atom stereocenters. The molecule has 4 heteroatoms. The van der Waals surface area contributed by atoms with Gasteiger partial charge in [-0.15, -0.1) is 11.6 Å². The number of alkyl halides is 1. The lowest BCUT2D eigenvalue weighted by Gasteiger charge is -2.41. The van der Waals surface area contributed by atoms with Crippen molar-refractivity contribution in [2.24, 2.45) is 5.92 Å². The average Bonchev–Trinajstić information content (AvgIpc) is 2.46. The third kappa shape index (κ3) is 2.61. The van der Waals surface area contributed by atoms with Crippen LogP contribution in [-0.4, -0.2) is 26.7 Å². The van der Waals surface area contributed by atoms with Gasteiger partial charge in [0.15, 0.2) is 11.5 Å². The molecule has 1 heterocycles. The summed E-state index contributed by atoms with van der Waals surface area (Å²) in [7, 11) is 3.33. The number of hydrogen-bond acceptors (Lipinski definition) is 3. The Bertz CT molecular complexity index is 475. The molecule has 0 fully saturated rings. The predicted octanol–water partition coefficient (Wildman–Crippen LogP) is 3.76. The van der Waals surface area contributed by atoms with Crippen LogP contribution in [0.2, 0.25) is 0 Å². The van der Waals surface area contributed by atoms with Crippen molar-refractivity contribution < 1.29 is 14.2 Å². The highest BCUT2D eigenvalue weighted by Crippen LogP contribution is 2.44. The standard InChI is InChI=1S/C16H23ClO3/c1-11(5-7-17)16(2)13-10-15(19-4)14(18-3)9-12(13)6-8-20-16/h9-11H,5-8H2,1-4H3. The van der Waals surface area contributed by atoms with Crippen LogP contribution in [0.1, 0.15) is 31.4 Å². The lowest BCUT2D eigenvalue weighted by atomic mass is 9.78. The van der Waals surface area contributed by atoms with E-state index in [4.69, 9.17) is 25.8 Å². The molecular formula is C16H23ClO3. The Labute approximate surface area is 126 Å². The molecule has 0 aromatic heterocycles. The average molecular weight is 299 g/mol. The molecule has 0 saturated heterocycles. The number of hydrogen-bond donors (Lipinski definition) is 0. The molecular weight excluding hydrogens is 276 g/mol. The van der Waals surface area contributed by atoms with E-state index in [2.05, 4.69) is 26.0 Å². The van der Waals surface area contributed by atoms with Gasteiger partial charge in [-0.1, -0.05) is 6.92 Å². The molecule has 0 aliphatic carbocycles. The van der Waals surface area contributed by atoms with Crippen molar-refractivity contribution in [3.05, 3.63) is 23.3 Å². The van der Waals surface area contributed by atoms with E-state index in [9.17, 15) is 0 Å². The molecule has 20 heavy (non-hydrogen) atoms. The van der Waals surface area contributed by atoms with Gasteiger partial charge < -0.3 is 14.2 Å². The Balaban J connectivity index is 2.49. The lowest BCUT2D eigenvalue weighted by Crippen LogP contribution is -2.38. The minimum atomic E-state index is -0.317. The first-order valence-electron chi connectivity index (χ1n) is 7.02. The third-order valence-electron chi connectivity index (χ3n) is 4.40. The van der Waals surface area contributed by atoms with Crippen LogP contribution >= 0.6 is 11.6 Å². The van der Waals surface area contributed by atoms with Gasteiger partial charge in [0.25, 0.3) is 0 Å².